The molecule has 0 fully saturated rings. The molecule has 0 bridgehead atoms. The minimum Gasteiger partial charge on any atom is -0.465 e. The van der Waals surface area contributed by atoms with E-state index >= 15 is 0 Å². The highest BCUT2D eigenvalue weighted by Crippen LogP contribution is 2.33. The Hall–Kier alpha value is -3.82. The Bertz CT molecular complexity index is 1130. The monoisotopic (exact) mass is 361 g/mol. The molecule has 2 aliphatic rings. The standard InChI is InChI=1S/C17H15N9O/c1-2-5-13-12(4-1)21-17-25-11-24(23-9-19-20-10-23)8-18-16(25)22-15(26(13)17)14-6-3-7-27-14/h1-7,9-10,15H,8,11H2,(H,18,22)/t15-/m1/s1. The number of nitrogens with one attached hydrogen (secondary N) is 1. The summed E-state index contributed by atoms with van der Waals surface area (Å²) in [6.07, 6.45) is 4.79. The first-order chi connectivity index (χ1) is 13.4. The van der Waals surface area contributed by atoms with Crippen molar-refractivity contribution in [2.75, 3.05) is 23.2 Å². The molecule has 10 nitrogen and oxygen atoms in total. The fourth-order valence-corrected chi connectivity index (χ4v) is 3.59. The van der Waals surface area contributed by atoms with Crippen molar-refractivity contribution in [2.45, 2.75) is 6.17 Å². The van der Waals surface area contributed by atoms with Gasteiger partial charge in [-0.3, -0.25) is 14.5 Å². The van der Waals surface area contributed by atoms with Gasteiger partial charge in [-0.25, -0.2) is 14.7 Å². The van der Waals surface area contributed by atoms with Crippen molar-refractivity contribution in [2.24, 2.45) is 4.99 Å². The van der Waals surface area contributed by atoms with Crippen LogP contribution in [-0.4, -0.2) is 43.7 Å². The van der Waals surface area contributed by atoms with Crippen molar-refractivity contribution >= 4 is 22.9 Å². The Balaban J connectivity index is 1.52. The van der Waals surface area contributed by atoms with E-state index in [0.29, 0.717) is 13.3 Å². The number of furan rings is 1. The van der Waals surface area contributed by atoms with Crippen LogP contribution in [0.2, 0.25) is 0 Å². The van der Waals surface area contributed by atoms with Gasteiger partial charge in [0.25, 0.3) is 0 Å². The van der Waals surface area contributed by atoms with E-state index in [2.05, 4.69) is 26.1 Å². The SMILES string of the molecule is c1coc([C@@H]2NC3=NCN(n4cnnc4)CN3c3nc4ccccc4n32)c1. The van der Waals surface area contributed by atoms with Crippen LogP contribution in [0, 0.1) is 0 Å². The molecule has 0 unspecified atom stereocenters. The van der Waals surface area contributed by atoms with E-state index in [1.165, 1.54) is 0 Å². The molecule has 5 heterocycles. The summed E-state index contributed by atoms with van der Waals surface area (Å²) < 4.78 is 9.66. The van der Waals surface area contributed by atoms with E-state index < -0.39 is 0 Å². The molecule has 0 radical (unpaired) electrons. The molecule has 3 aromatic heterocycles. The molecule has 2 aliphatic heterocycles. The first-order valence-corrected chi connectivity index (χ1v) is 8.57. The third-order valence-corrected chi connectivity index (χ3v) is 4.83. The highest BCUT2D eigenvalue weighted by atomic mass is 16.3. The number of para-hydroxylation sites is 2. The van der Waals surface area contributed by atoms with Crippen LogP contribution in [0.3, 0.4) is 0 Å². The van der Waals surface area contributed by atoms with E-state index in [9.17, 15) is 0 Å². The summed E-state index contributed by atoms with van der Waals surface area (Å²) in [4.78, 5) is 11.6. The molecule has 0 saturated heterocycles. The minimum absolute atomic E-state index is 0.209. The molecular weight excluding hydrogens is 346 g/mol. The molecule has 27 heavy (non-hydrogen) atoms. The van der Waals surface area contributed by atoms with Crippen molar-refractivity contribution in [1.29, 1.82) is 0 Å². The van der Waals surface area contributed by atoms with Crippen LogP contribution in [0.15, 0.2) is 64.7 Å². The fraction of sp³-hybridized carbons (Fsp3) is 0.176. The first-order valence-electron chi connectivity index (χ1n) is 8.57. The Morgan fingerprint density at radius 1 is 1.07 bits per heavy atom. The van der Waals surface area contributed by atoms with Crippen molar-refractivity contribution in [3.8, 4) is 0 Å². The molecular formula is C17H15N9O. The molecule has 10 heteroatoms. The number of hydrogen-bond donors (Lipinski definition) is 1. The van der Waals surface area contributed by atoms with Crippen LogP contribution in [0.5, 0.6) is 0 Å². The van der Waals surface area contributed by atoms with Gasteiger partial charge >= 0.3 is 0 Å². The summed E-state index contributed by atoms with van der Waals surface area (Å²) in [6.45, 7) is 1.06. The van der Waals surface area contributed by atoms with E-state index in [1.54, 1.807) is 18.9 Å². The summed E-state index contributed by atoms with van der Waals surface area (Å²) >= 11 is 0. The third-order valence-electron chi connectivity index (χ3n) is 4.83. The maximum atomic E-state index is 5.69. The van der Waals surface area contributed by atoms with Crippen LogP contribution < -0.4 is 15.2 Å². The quantitative estimate of drug-likeness (QED) is 0.571. The molecule has 0 spiro atoms. The predicted molar refractivity (Wildman–Crippen MR) is 97.6 cm³/mol. The van der Waals surface area contributed by atoms with Gasteiger partial charge in [0.1, 0.15) is 31.8 Å². The van der Waals surface area contributed by atoms with Gasteiger partial charge in [0.2, 0.25) is 11.9 Å². The number of guanidine groups is 1. The highest BCUT2D eigenvalue weighted by molar-refractivity contribution is 5.99. The molecule has 1 N–H and O–H groups in total. The second-order valence-corrected chi connectivity index (χ2v) is 6.37. The summed E-state index contributed by atoms with van der Waals surface area (Å²) in [7, 11) is 0. The summed E-state index contributed by atoms with van der Waals surface area (Å²) in [6, 6.07) is 11.9. The van der Waals surface area contributed by atoms with Gasteiger partial charge in [0.15, 0.2) is 6.17 Å². The lowest BCUT2D eigenvalue weighted by Crippen LogP contribution is -2.59. The zero-order chi connectivity index (χ0) is 17.8. The van der Waals surface area contributed by atoms with E-state index in [-0.39, 0.29) is 6.17 Å². The van der Waals surface area contributed by atoms with Gasteiger partial charge in [-0.2, -0.15) is 0 Å². The molecule has 6 rings (SSSR count). The molecule has 0 aliphatic carbocycles. The zero-order valence-electron chi connectivity index (χ0n) is 14.2. The largest absolute Gasteiger partial charge is 0.465 e. The Morgan fingerprint density at radius 2 is 1.96 bits per heavy atom. The van der Waals surface area contributed by atoms with Crippen LogP contribution >= 0.6 is 0 Å². The Kier molecular flexibility index (Phi) is 2.84. The summed E-state index contributed by atoms with van der Waals surface area (Å²) in [5, 5.41) is 13.3. The molecule has 0 saturated carbocycles. The molecule has 1 aromatic carbocycles. The number of rotatable bonds is 2. The second kappa shape index (κ2) is 5.34. The smallest absolute Gasteiger partial charge is 0.217 e. The van der Waals surface area contributed by atoms with Gasteiger partial charge < -0.3 is 9.73 Å². The maximum Gasteiger partial charge on any atom is 0.217 e. The lowest BCUT2D eigenvalue weighted by atomic mass is 10.2. The lowest BCUT2D eigenvalue weighted by Gasteiger charge is -2.41. The Morgan fingerprint density at radius 3 is 2.81 bits per heavy atom. The van der Waals surface area contributed by atoms with Crippen molar-refractivity contribution < 1.29 is 4.42 Å². The first kappa shape index (κ1) is 14.4. The number of imidazole rings is 1. The van der Waals surface area contributed by atoms with E-state index in [0.717, 1.165) is 28.7 Å². The summed E-state index contributed by atoms with van der Waals surface area (Å²) in [5.74, 6) is 2.39. The average molecular weight is 361 g/mol. The van der Waals surface area contributed by atoms with Gasteiger partial charge in [0.05, 0.1) is 17.3 Å². The minimum atomic E-state index is -0.209. The molecule has 0 amide bonds. The van der Waals surface area contributed by atoms with Crippen LogP contribution in [-0.2, 0) is 0 Å². The topological polar surface area (TPSA) is 92.5 Å². The fourth-order valence-electron chi connectivity index (χ4n) is 3.59. The second-order valence-electron chi connectivity index (χ2n) is 6.37. The van der Waals surface area contributed by atoms with Crippen LogP contribution in [0.4, 0.5) is 5.95 Å². The molecule has 1 atom stereocenters. The third kappa shape index (κ3) is 2.06. The Labute approximate surface area is 153 Å². The van der Waals surface area contributed by atoms with Crippen LogP contribution in [0.25, 0.3) is 11.0 Å². The summed E-state index contributed by atoms with van der Waals surface area (Å²) in [5.41, 5.74) is 1.95. The van der Waals surface area contributed by atoms with Crippen molar-refractivity contribution in [1.82, 2.24) is 29.7 Å². The number of fused-ring (bicyclic) bond motifs is 5. The van der Waals surface area contributed by atoms with Crippen LogP contribution in [0.1, 0.15) is 11.9 Å². The molecule has 4 aromatic rings. The van der Waals surface area contributed by atoms with Crippen molar-refractivity contribution in [3.05, 3.63) is 61.1 Å². The number of nitrogens with zero attached hydrogens (tertiary/aromatic N) is 8. The predicted octanol–water partition coefficient (Wildman–Crippen LogP) is 1.10. The number of aliphatic imine (C=N–C) groups is 1. The van der Waals surface area contributed by atoms with Crippen molar-refractivity contribution in [3.63, 3.8) is 0 Å². The van der Waals surface area contributed by atoms with Gasteiger partial charge in [-0.05, 0) is 24.3 Å². The number of aromatic nitrogens is 5. The number of benzene rings is 1. The molecule has 134 valence electrons. The lowest BCUT2D eigenvalue weighted by molar-refractivity contribution is 0.401. The average Bonchev–Trinajstić information content (AvgIpc) is 3.47. The normalized spacial score (nSPS) is 18.8. The van der Waals surface area contributed by atoms with Gasteiger partial charge in [-0.15, -0.1) is 10.2 Å². The van der Waals surface area contributed by atoms with Gasteiger partial charge in [0, 0.05) is 0 Å². The van der Waals surface area contributed by atoms with E-state index in [1.807, 2.05) is 44.9 Å². The number of anilines is 1. The highest BCUT2D eigenvalue weighted by Gasteiger charge is 2.36. The van der Waals surface area contributed by atoms with Gasteiger partial charge in [-0.1, -0.05) is 12.1 Å². The van der Waals surface area contributed by atoms with E-state index in [4.69, 9.17) is 14.4 Å². The maximum absolute atomic E-state index is 5.69. The zero-order valence-corrected chi connectivity index (χ0v) is 14.2. The number of hydrogen-bond acceptors (Lipinski definition) is 8.